The number of carboxylic acids is 1. The van der Waals surface area contributed by atoms with E-state index < -0.39 is 47.3 Å². The van der Waals surface area contributed by atoms with Crippen LogP contribution < -0.4 is 5.32 Å². The molecule has 1 aromatic carbocycles. The maximum absolute atomic E-state index is 13.1. The molecule has 0 aliphatic carbocycles. The molecule has 5 nitrogen and oxygen atoms in total. The Balaban J connectivity index is 2.86. The van der Waals surface area contributed by atoms with Gasteiger partial charge in [-0.15, -0.1) is 0 Å². The molecule has 0 heterocycles. The maximum Gasteiger partial charge on any atom is 0.401 e. The van der Waals surface area contributed by atoms with Gasteiger partial charge in [0.05, 0.1) is 6.42 Å². The maximum atomic E-state index is 13.1. The summed E-state index contributed by atoms with van der Waals surface area (Å²) in [5, 5.41) is 10.6. The fourth-order valence-corrected chi connectivity index (χ4v) is 2.85. The monoisotopic (exact) mass is 377 g/mol. The SMILES string of the molecule is CC(=O)SC[C@@H](C(=O)N[C@H](CC(=O)O)Cc1ccccc1)C(F)(F)F. The van der Waals surface area contributed by atoms with E-state index in [4.69, 9.17) is 5.11 Å². The van der Waals surface area contributed by atoms with E-state index in [0.717, 1.165) is 6.92 Å². The van der Waals surface area contributed by atoms with Crippen molar-refractivity contribution in [3.63, 3.8) is 0 Å². The number of hydrogen-bond acceptors (Lipinski definition) is 4. The number of carbonyl (C=O) groups is 3. The van der Waals surface area contributed by atoms with Gasteiger partial charge in [0.2, 0.25) is 5.91 Å². The van der Waals surface area contributed by atoms with Crippen LogP contribution in [0.25, 0.3) is 0 Å². The van der Waals surface area contributed by atoms with Gasteiger partial charge in [-0.1, -0.05) is 42.1 Å². The topological polar surface area (TPSA) is 83.5 Å². The van der Waals surface area contributed by atoms with Gasteiger partial charge < -0.3 is 10.4 Å². The molecule has 0 saturated carbocycles. The molecule has 1 amide bonds. The standard InChI is InChI=1S/C16H18F3NO4S/c1-10(21)25-9-13(16(17,18)19)15(24)20-12(8-14(22)23)7-11-5-3-2-4-6-11/h2-6,12-13H,7-9H2,1H3,(H,20,24)(H,22,23)/t12-,13-/m0/s1. The minimum absolute atomic E-state index is 0.0866. The van der Waals surface area contributed by atoms with Crippen LogP contribution in [-0.4, -0.2) is 40.1 Å². The lowest BCUT2D eigenvalue weighted by molar-refractivity contribution is -0.178. The first kappa shape index (κ1) is 21.0. The van der Waals surface area contributed by atoms with Gasteiger partial charge in [-0.3, -0.25) is 14.4 Å². The first-order valence-corrected chi connectivity index (χ1v) is 8.34. The van der Waals surface area contributed by atoms with Gasteiger partial charge >= 0.3 is 12.1 Å². The summed E-state index contributed by atoms with van der Waals surface area (Å²) in [4.78, 5) is 33.9. The van der Waals surface area contributed by atoms with Gasteiger partial charge in [-0.05, 0) is 12.0 Å². The molecule has 0 radical (unpaired) electrons. The van der Waals surface area contributed by atoms with Gasteiger partial charge in [0.1, 0.15) is 5.92 Å². The first-order chi connectivity index (χ1) is 11.6. The number of halogens is 3. The Hall–Kier alpha value is -2.03. The Kier molecular flexibility index (Phi) is 7.95. The number of carboxylic acid groups (broad SMARTS) is 1. The van der Waals surface area contributed by atoms with Crippen LogP contribution in [0.2, 0.25) is 0 Å². The summed E-state index contributed by atoms with van der Waals surface area (Å²) in [6, 6.07) is 7.54. The normalized spacial score (nSPS) is 13.8. The number of alkyl halides is 3. The number of benzene rings is 1. The van der Waals surface area contributed by atoms with Crippen LogP contribution in [0.4, 0.5) is 13.2 Å². The highest BCUT2D eigenvalue weighted by molar-refractivity contribution is 8.13. The highest BCUT2D eigenvalue weighted by atomic mass is 32.2. The van der Waals surface area contributed by atoms with E-state index in [2.05, 4.69) is 5.32 Å². The third kappa shape index (κ3) is 8.06. The average Bonchev–Trinajstić information content (AvgIpc) is 2.45. The van der Waals surface area contributed by atoms with Crippen molar-refractivity contribution < 1.29 is 32.7 Å². The molecule has 0 bridgehead atoms. The third-order valence-corrected chi connectivity index (χ3v) is 4.16. The summed E-state index contributed by atoms with van der Waals surface area (Å²) in [6.45, 7) is 1.11. The lowest BCUT2D eigenvalue weighted by atomic mass is 10.0. The molecule has 0 aliphatic rings. The van der Waals surface area contributed by atoms with Crippen LogP contribution in [0.5, 0.6) is 0 Å². The van der Waals surface area contributed by atoms with Gasteiger partial charge in [-0.25, -0.2) is 0 Å². The zero-order valence-electron chi connectivity index (χ0n) is 13.4. The molecular weight excluding hydrogens is 359 g/mol. The van der Waals surface area contributed by atoms with E-state index in [9.17, 15) is 27.6 Å². The van der Waals surface area contributed by atoms with Crippen molar-refractivity contribution in [2.75, 3.05) is 5.75 Å². The number of rotatable bonds is 8. The summed E-state index contributed by atoms with van der Waals surface area (Å²) >= 11 is 0.403. The number of amides is 1. The molecule has 0 saturated heterocycles. The molecule has 2 N–H and O–H groups in total. The smallest absolute Gasteiger partial charge is 0.401 e. The lowest BCUT2D eigenvalue weighted by Gasteiger charge is -2.23. The van der Waals surface area contributed by atoms with E-state index in [0.29, 0.717) is 17.3 Å². The van der Waals surface area contributed by atoms with E-state index in [1.54, 1.807) is 30.3 Å². The molecule has 1 rings (SSSR count). The molecule has 1 aromatic rings. The number of thioether (sulfide) groups is 1. The fraction of sp³-hybridized carbons (Fsp3) is 0.438. The minimum atomic E-state index is -4.83. The highest BCUT2D eigenvalue weighted by Gasteiger charge is 2.45. The number of carbonyl (C=O) groups excluding carboxylic acids is 2. The van der Waals surface area contributed by atoms with Crippen molar-refractivity contribution in [2.45, 2.75) is 32.0 Å². The van der Waals surface area contributed by atoms with Crippen LogP contribution in [0.3, 0.4) is 0 Å². The second kappa shape index (κ2) is 9.45. The Morgan fingerprint density at radius 2 is 1.80 bits per heavy atom. The Bertz CT molecular complexity index is 607. The lowest BCUT2D eigenvalue weighted by Crippen LogP contribution is -2.46. The van der Waals surface area contributed by atoms with Gasteiger partial charge in [-0.2, -0.15) is 13.2 Å². The number of nitrogens with one attached hydrogen (secondary N) is 1. The van der Waals surface area contributed by atoms with Crippen LogP contribution in [0, 0.1) is 5.92 Å². The molecule has 0 unspecified atom stereocenters. The van der Waals surface area contributed by atoms with Crippen LogP contribution >= 0.6 is 11.8 Å². The Labute approximate surface area is 147 Å². The highest BCUT2D eigenvalue weighted by Crippen LogP contribution is 2.29. The van der Waals surface area contributed by atoms with E-state index in [1.165, 1.54) is 0 Å². The zero-order chi connectivity index (χ0) is 19.0. The second-order valence-corrected chi connectivity index (χ2v) is 6.59. The second-order valence-electron chi connectivity index (χ2n) is 5.39. The van der Waals surface area contributed by atoms with E-state index in [1.807, 2.05) is 0 Å². The predicted octanol–water partition coefficient (Wildman–Crippen LogP) is 2.65. The molecule has 0 aliphatic heterocycles. The van der Waals surface area contributed by atoms with Gasteiger partial charge in [0, 0.05) is 18.7 Å². The summed E-state index contributed by atoms with van der Waals surface area (Å²) < 4.78 is 39.2. The van der Waals surface area contributed by atoms with Gasteiger partial charge in [0.25, 0.3) is 0 Å². The van der Waals surface area contributed by atoms with E-state index in [-0.39, 0.29) is 6.42 Å². The van der Waals surface area contributed by atoms with Crippen molar-refractivity contribution in [3.8, 4) is 0 Å². The van der Waals surface area contributed by atoms with E-state index >= 15 is 0 Å². The number of hydrogen-bond donors (Lipinski definition) is 2. The van der Waals surface area contributed by atoms with Crippen molar-refractivity contribution in [2.24, 2.45) is 5.92 Å². The molecular formula is C16H18F3NO4S. The van der Waals surface area contributed by atoms with Crippen LogP contribution in [0.1, 0.15) is 18.9 Å². The number of aliphatic carboxylic acids is 1. The Morgan fingerprint density at radius 1 is 1.20 bits per heavy atom. The fourth-order valence-electron chi connectivity index (χ4n) is 2.10. The van der Waals surface area contributed by atoms with Crippen molar-refractivity contribution >= 4 is 28.8 Å². The molecule has 2 atom stereocenters. The van der Waals surface area contributed by atoms with Crippen molar-refractivity contribution in [1.29, 1.82) is 0 Å². The van der Waals surface area contributed by atoms with Crippen molar-refractivity contribution in [1.82, 2.24) is 5.32 Å². The molecule has 9 heteroatoms. The summed E-state index contributed by atoms with van der Waals surface area (Å²) in [5.74, 6) is -5.68. The zero-order valence-corrected chi connectivity index (χ0v) is 14.2. The Morgan fingerprint density at radius 3 is 2.28 bits per heavy atom. The minimum Gasteiger partial charge on any atom is -0.481 e. The largest absolute Gasteiger partial charge is 0.481 e. The van der Waals surface area contributed by atoms with Gasteiger partial charge in [0.15, 0.2) is 5.12 Å². The summed E-state index contributed by atoms with van der Waals surface area (Å²) in [7, 11) is 0. The van der Waals surface area contributed by atoms with Crippen LogP contribution in [0.15, 0.2) is 30.3 Å². The third-order valence-electron chi connectivity index (χ3n) is 3.26. The average molecular weight is 377 g/mol. The summed E-state index contributed by atoms with van der Waals surface area (Å²) in [5.41, 5.74) is 0.690. The first-order valence-electron chi connectivity index (χ1n) is 7.35. The molecule has 0 aromatic heterocycles. The van der Waals surface area contributed by atoms with Crippen molar-refractivity contribution in [3.05, 3.63) is 35.9 Å². The molecule has 138 valence electrons. The summed E-state index contributed by atoms with van der Waals surface area (Å²) in [6.07, 6.45) is -5.25. The predicted molar refractivity (Wildman–Crippen MR) is 87.0 cm³/mol. The molecule has 0 spiro atoms. The van der Waals surface area contributed by atoms with Crippen LogP contribution in [-0.2, 0) is 20.8 Å². The quantitative estimate of drug-likeness (QED) is 0.728. The molecule has 0 fully saturated rings. The molecule has 25 heavy (non-hydrogen) atoms.